The van der Waals surface area contributed by atoms with Crippen molar-refractivity contribution in [2.45, 2.75) is 72.1 Å². The van der Waals surface area contributed by atoms with E-state index in [1.54, 1.807) is 0 Å². The molecule has 0 nitrogen and oxygen atoms in total. The van der Waals surface area contributed by atoms with Gasteiger partial charge in [0.05, 0.1) is 0 Å². The highest BCUT2D eigenvalue weighted by Gasteiger charge is 1.97. The van der Waals surface area contributed by atoms with Gasteiger partial charge >= 0.3 is 0 Å². The molecule has 0 N–H and O–H groups in total. The van der Waals surface area contributed by atoms with Crippen LogP contribution in [0.25, 0.3) is 0 Å². The molecular formula is C26H34. The van der Waals surface area contributed by atoms with Crippen molar-refractivity contribution in [1.82, 2.24) is 0 Å². The van der Waals surface area contributed by atoms with Crippen molar-refractivity contribution in [3.05, 3.63) is 70.8 Å². The van der Waals surface area contributed by atoms with Gasteiger partial charge in [-0.3, -0.25) is 0 Å². The predicted octanol–water partition coefficient (Wildman–Crippen LogP) is 7.19. The van der Waals surface area contributed by atoms with Gasteiger partial charge in [-0.2, -0.15) is 0 Å². The Morgan fingerprint density at radius 1 is 0.654 bits per heavy atom. The zero-order valence-corrected chi connectivity index (χ0v) is 16.9. The molecule has 0 fully saturated rings. The molecule has 0 radical (unpaired) electrons. The summed E-state index contributed by atoms with van der Waals surface area (Å²) >= 11 is 0. The van der Waals surface area contributed by atoms with Crippen LogP contribution >= 0.6 is 0 Å². The summed E-state index contributed by atoms with van der Waals surface area (Å²) in [4.78, 5) is 0. The lowest BCUT2D eigenvalue weighted by Crippen LogP contribution is -1.91. The van der Waals surface area contributed by atoms with Crippen molar-refractivity contribution in [3.8, 4) is 11.8 Å². The normalized spacial score (nSPS) is 10.6. The number of aryl methyl sites for hydroxylation is 2. The van der Waals surface area contributed by atoms with E-state index in [1.807, 2.05) is 0 Å². The maximum atomic E-state index is 3.29. The van der Waals surface area contributed by atoms with Gasteiger partial charge in [-0.15, -0.1) is 0 Å². The molecule has 0 unspecified atom stereocenters. The van der Waals surface area contributed by atoms with Crippen molar-refractivity contribution in [2.75, 3.05) is 0 Å². The molecule has 0 saturated carbocycles. The van der Waals surface area contributed by atoms with Crippen LogP contribution in [0, 0.1) is 17.8 Å². The highest BCUT2D eigenvalue weighted by molar-refractivity contribution is 5.44. The predicted molar refractivity (Wildman–Crippen MR) is 114 cm³/mol. The number of unbranched alkanes of at least 4 members (excludes halogenated alkanes) is 3. The van der Waals surface area contributed by atoms with Gasteiger partial charge in [-0.25, -0.2) is 0 Å². The van der Waals surface area contributed by atoms with Gasteiger partial charge in [0.1, 0.15) is 0 Å². The first-order valence-corrected chi connectivity index (χ1v) is 10.4. The van der Waals surface area contributed by atoms with Crippen LogP contribution in [-0.4, -0.2) is 0 Å². The van der Waals surface area contributed by atoms with E-state index in [0.717, 1.165) is 17.0 Å². The Hall–Kier alpha value is -2.00. The molecule has 2 aromatic carbocycles. The fourth-order valence-electron chi connectivity index (χ4n) is 3.12. The second-order valence-electron chi connectivity index (χ2n) is 7.74. The van der Waals surface area contributed by atoms with Crippen LogP contribution in [0.2, 0.25) is 0 Å². The summed E-state index contributed by atoms with van der Waals surface area (Å²) in [5.41, 5.74) is 5.05. The van der Waals surface area contributed by atoms with Gasteiger partial charge in [0.25, 0.3) is 0 Å². The molecular weight excluding hydrogens is 312 g/mol. The first-order chi connectivity index (χ1) is 12.7. The lowest BCUT2D eigenvalue weighted by atomic mass is 10.0. The lowest BCUT2D eigenvalue weighted by molar-refractivity contribution is 0.556. The van der Waals surface area contributed by atoms with Crippen molar-refractivity contribution in [2.24, 2.45) is 5.92 Å². The average Bonchev–Trinajstić information content (AvgIpc) is 2.65. The van der Waals surface area contributed by atoms with E-state index in [1.165, 1.54) is 62.5 Å². The van der Waals surface area contributed by atoms with Crippen LogP contribution in [0.1, 0.15) is 81.5 Å². The molecule has 26 heavy (non-hydrogen) atoms. The Morgan fingerprint density at radius 2 is 1.15 bits per heavy atom. The molecule has 0 saturated heterocycles. The molecule has 0 aliphatic carbocycles. The van der Waals surface area contributed by atoms with Gasteiger partial charge in [0, 0.05) is 11.1 Å². The Kier molecular flexibility index (Phi) is 9.05. The monoisotopic (exact) mass is 346 g/mol. The second-order valence-corrected chi connectivity index (χ2v) is 7.74. The molecule has 2 rings (SSSR count). The molecule has 0 aromatic heterocycles. The zero-order chi connectivity index (χ0) is 18.6. The van der Waals surface area contributed by atoms with Crippen LogP contribution in [-0.2, 0) is 12.8 Å². The Labute approximate surface area is 161 Å². The molecule has 2 aromatic rings. The Bertz CT molecular complexity index is 678. The van der Waals surface area contributed by atoms with Crippen LogP contribution in [0.5, 0.6) is 0 Å². The van der Waals surface area contributed by atoms with E-state index >= 15 is 0 Å². The van der Waals surface area contributed by atoms with Crippen LogP contribution in [0.15, 0.2) is 48.5 Å². The lowest BCUT2D eigenvalue weighted by Gasteiger charge is -2.04. The van der Waals surface area contributed by atoms with E-state index in [-0.39, 0.29) is 0 Å². The highest BCUT2D eigenvalue weighted by Crippen LogP contribution is 2.12. The third-order valence-corrected chi connectivity index (χ3v) is 4.82. The first-order valence-electron chi connectivity index (χ1n) is 10.4. The Balaban J connectivity index is 1.84. The van der Waals surface area contributed by atoms with Crippen molar-refractivity contribution in [3.63, 3.8) is 0 Å². The molecule has 0 aliphatic rings. The fraction of sp³-hybridized carbons (Fsp3) is 0.462. The van der Waals surface area contributed by atoms with E-state index < -0.39 is 0 Å². The standard InChI is InChI=1S/C26H34/c1-4-5-6-7-10-23-12-16-25(17-13-23)20-21-26-18-14-24(15-19-26)11-8-9-22(2)3/h12-19,22H,4-11H2,1-3H3. The number of hydrogen-bond acceptors (Lipinski definition) is 0. The minimum absolute atomic E-state index is 0.794. The SMILES string of the molecule is CCCCCCc1ccc(C#Cc2ccc(CCCC(C)C)cc2)cc1. The first kappa shape index (κ1) is 20.3. The van der Waals surface area contributed by atoms with E-state index in [0.29, 0.717) is 0 Å². The average molecular weight is 347 g/mol. The summed E-state index contributed by atoms with van der Waals surface area (Å²) in [6.45, 7) is 6.84. The van der Waals surface area contributed by atoms with Crippen LogP contribution in [0.3, 0.4) is 0 Å². The van der Waals surface area contributed by atoms with Crippen molar-refractivity contribution >= 4 is 0 Å². The molecule has 0 spiro atoms. The molecule has 0 heterocycles. The maximum Gasteiger partial charge on any atom is 0.0249 e. The zero-order valence-electron chi connectivity index (χ0n) is 16.9. The quantitative estimate of drug-likeness (QED) is 0.333. The minimum Gasteiger partial charge on any atom is -0.0654 e. The van der Waals surface area contributed by atoms with E-state index in [4.69, 9.17) is 0 Å². The van der Waals surface area contributed by atoms with Gasteiger partial charge in [0.15, 0.2) is 0 Å². The number of hydrogen-bond donors (Lipinski definition) is 0. The topological polar surface area (TPSA) is 0 Å². The summed E-state index contributed by atoms with van der Waals surface area (Å²) in [7, 11) is 0. The summed E-state index contributed by atoms with van der Waals surface area (Å²) in [5.74, 6) is 7.38. The third-order valence-electron chi connectivity index (χ3n) is 4.82. The third kappa shape index (κ3) is 7.92. The molecule has 138 valence electrons. The summed E-state index contributed by atoms with van der Waals surface area (Å²) in [5, 5.41) is 0. The molecule has 0 heteroatoms. The summed E-state index contributed by atoms with van der Waals surface area (Å²) in [6.07, 6.45) is 10.2. The number of rotatable bonds is 9. The van der Waals surface area contributed by atoms with E-state index in [2.05, 4.69) is 81.1 Å². The van der Waals surface area contributed by atoms with Crippen LogP contribution < -0.4 is 0 Å². The van der Waals surface area contributed by atoms with Crippen molar-refractivity contribution < 1.29 is 0 Å². The van der Waals surface area contributed by atoms with Crippen molar-refractivity contribution in [1.29, 1.82) is 0 Å². The number of benzene rings is 2. The van der Waals surface area contributed by atoms with Gasteiger partial charge in [-0.1, -0.05) is 82.6 Å². The Morgan fingerprint density at radius 3 is 1.62 bits per heavy atom. The molecule has 0 atom stereocenters. The molecule has 0 amide bonds. The maximum absolute atomic E-state index is 3.29. The summed E-state index contributed by atoms with van der Waals surface area (Å²) in [6, 6.07) is 17.5. The van der Waals surface area contributed by atoms with Gasteiger partial charge in [0.2, 0.25) is 0 Å². The summed E-state index contributed by atoms with van der Waals surface area (Å²) < 4.78 is 0. The molecule has 0 aliphatic heterocycles. The largest absolute Gasteiger partial charge is 0.0654 e. The van der Waals surface area contributed by atoms with Gasteiger partial charge < -0.3 is 0 Å². The van der Waals surface area contributed by atoms with E-state index in [9.17, 15) is 0 Å². The fourth-order valence-corrected chi connectivity index (χ4v) is 3.12. The smallest absolute Gasteiger partial charge is 0.0249 e. The van der Waals surface area contributed by atoms with Crippen LogP contribution in [0.4, 0.5) is 0 Å². The van der Waals surface area contributed by atoms with Gasteiger partial charge in [-0.05, 0) is 67.0 Å². The second kappa shape index (κ2) is 11.6. The molecule has 0 bridgehead atoms. The highest BCUT2D eigenvalue weighted by atomic mass is 14.0. The minimum atomic E-state index is 0.794.